The van der Waals surface area contributed by atoms with E-state index in [1.807, 2.05) is 4.98 Å². The summed E-state index contributed by atoms with van der Waals surface area (Å²) in [7, 11) is -4.82. The monoisotopic (exact) mass is 340 g/mol. The molecule has 124 valence electrons. The summed E-state index contributed by atoms with van der Waals surface area (Å²) in [6, 6.07) is 0.965. The number of phosphoric ester groups is 1. The standard InChI is InChI=1S/C10H14FN2O8P/c1-10(11)7(15)5(4-20-22(17,18)19)21-8(10)13-3-2-6(14)12-9(13)16/h2-3,5,7-8,15H,4H2,1H3,(H,12,14,16)(H2,17,18,19)/t5-,7-,8-,10+/m1/s1. The zero-order chi connectivity index (χ0) is 16.7. The molecule has 2 heterocycles. The predicted octanol–water partition coefficient (Wildman–Crippen LogP) is -1.37. The number of aromatic amines is 1. The highest BCUT2D eigenvalue weighted by molar-refractivity contribution is 7.46. The van der Waals surface area contributed by atoms with Gasteiger partial charge in [-0.15, -0.1) is 0 Å². The number of aromatic nitrogens is 2. The van der Waals surface area contributed by atoms with E-state index >= 15 is 0 Å². The largest absolute Gasteiger partial charge is 0.469 e. The van der Waals surface area contributed by atoms with E-state index in [-0.39, 0.29) is 0 Å². The Balaban J connectivity index is 2.28. The van der Waals surface area contributed by atoms with Gasteiger partial charge in [-0.05, 0) is 6.92 Å². The maximum Gasteiger partial charge on any atom is 0.469 e. The van der Waals surface area contributed by atoms with Gasteiger partial charge in [-0.25, -0.2) is 13.8 Å². The zero-order valence-electron chi connectivity index (χ0n) is 11.2. The minimum Gasteiger partial charge on any atom is -0.387 e. The van der Waals surface area contributed by atoms with Crippen molar-refractivity contribution in [3.63, 3.8) is 0 Å². The zero-order valence-corrected chi connectivity index (χ0v) is 12.1. The van der Waals surface area contributed by atoms with Crippen LogP contribution in [-0.2, 0) is 13.8 Å². The molecule has 2 rings (SSSR count). The molecule has 0 radical (unpaired) electrons. The Hall–Kier alpha value is -1.36. The van der Waals surface area contributed by atoms with Gasteiger partial charge in [-0.3, -0.25) is 18.9 Å². The maximum atomic E-state index is 14.6. The molecule has 0 spiro atoms. The van der Waals surface area contributed by atoms with Gasteiger partial charge in [0, 0.05) is 12.3 Å². The summed E-state index contributed by atoms with van der Waals surface area (Å²) in [5.41, 5.74) is -4.10. The van der Waals surface area contributed by atoms with Crippen LogP contribution in [0.3, 0.4) is 0 Å². The number of nitrogens with zero attached hydrogens (tertiary/aromatic N) is 1. The topological polar surface area (TPSA) is 151 Å². The predicted molar refractivity (Wildman–Crippen MR) is 68.7 cm³/mol. The second-order valence-corrected chi connectivity index (χ2v) is 6.17. The molecule has 1 fully saturated rings. The summed E-state index contributed by atoms with van der Waals surface area (Å²) < 4.78 is 35.3. The number of hydrogen-bond donors (Lipinski definition) is 4. The molecule has 1 aromatic heterocycles. The Labute approximate surface area is 122 Å². The number of alkyl halides is 1. The summed E-state index contributed by atoms with van der Waals surface area (Å²) in [5, 5.41) is 9.87. The molecule has 0 aliphatic carbocycles. The smallest absolute Gasteiger partial charge is 0.387 e. The van der Waals surface area contributed by atoms with Gasteiger partial charge < -0.3 is 19.6 Å². The molecule has 1 saturated heterocycles. The summed E-state index contributed by atoms with van der Waals surface area (Å²) in [5.74, 6) is 0. The van der Waals surface area contributed by atoms with Gasteiger partial charge in [0.25, 0.3) is 5.56 Å². The highest BCUT2D eigenvalue weighted by atomic mass is 31.2. The number of H-pyrrole nitrogens is 1. The molecule has 0 aromatic carbocycles. The second kappa shape index (κ2) is 5.69. The Morgan fingerprint density at radius 1 is 1.55 bits per heavy atom. The third-order valence-corrected chi connectivity index (χ3v) is 3.71. The van der Waals surface area contributed by atoms with Crippen LogP contribution in [0.25, 0.3) is 0 Å². The van der Waals surface area contributed by atoms with Crippen LogP contribution in [-0.4, -0.2) is 48.9 Å². The molecule has 4 N–H and O–H groups in total. The first-order valence-corrected chi connectivity index (χ1v) is 7.59. The molecule has 1 aliphatic heterocycles. The first-order chi connectivity index (χ1) is 10.0. The third-order valence-electron chi connectivity index (χ3n) is 3.23. The molecule has 22 heavy (non-hydrogen) atoms. The van der Waals surface area contributed by atoms with Crippen LogP contribution in [0, 0.1) is 0 Å². The molecule has 12 heteroatoms. The lowest BCUT2D eigenvalue weighted by atomic mass is 9.98. The van der Waals surface area contributed by atoms with Crippen LogP contribution in [0.15, 0.2) is 21.9 Å². The Bertz CT molecular complexity index is 709. The quantitative estimate of drug-likeness (QED) is 0.490. The van der Waals surface area contributed by atoms with Gasteiger partial charge >= 0.3 is 13.5 Å². The van der Waals surface area contributed by atoms with Crippen LogP contribution in [0.4, 0.5) is 4.39 Å². The van der Waals surface area contributed by atoms with Crippen molar-refractivity contribution >= 4 is 7.82 Å². The molecule has 1 aliphatic rings. The van der Waals surface area contributed by atoms with Gasteiger partial charge in [0.05, 0.1) is 6.61 Å². The lowest BCUT2D eigenvalue weighted by molar-refractivity contribution is -0.0605. The van der Waals surface area contributed by atoms with Gasteiger partial charge in [0.15, 0.2) is 11.9 Å². The first kappa shape index (κ1) is 17.0. The lowest BCUT2D eigenvalue weighted by Gasteiger charge is -2.24. The fourth-order valence-corrected chi connectivity index (χ4v) is 2.47. The molecular formula is C10H14FN2O8P. The van der Waals surface area contributed by atoms with Crippen LogP contribution in [0.2, 0.25) is 0 Å². The molecule has 10 nitrogen and oxygen atoms in total. The SMILES string of the molecule is C[C@]1(F)[C@H](O)[C@@H](COP(=O)(O)O)O[C@H]1n1ccc(=O)[nH]c1=O. The van der Waals surface area contributed by atoms with Crippen molar-refractivity contribution in [1.82, 2.24) is 9.55 Å². The number of aliphatic hydroxyl groups excluding tert-OH is 1. The second-order valence-electron chi connectivity index (χ2n) is 4.93. The van der Waals surface area contributed by atoms with Crippen LogP contribution >= 0.6 is 7.82 Å². The first-order valence-electron chi connectivity index (χ1n) is 6.06. The Kier molecular flexibility index (Phi) is 4.39. The average Bonchev–Trinajstić information content (AvgIpc) is 2.59. The van der Waals surface area contributed by atoms with E-state index in [4.69, 9.17) is 14.5 Å². The van der Waals surface area contributed by atoms with Crippen molar-refractivity contribution in [3.8, 4) is 0 Å². The number of ether oxygens (including phenoxy) is 1. The number of rotatable bonds is 4. The highest BCUT2D eigenvalue weighted by Gasteiger charge is 2.55. The molecule has 4 atom stereocenters. The number of phosphoric acid groups is 1. The molecule has 0 bridgehead atoms. The Morgan fingerprint density at radius 2 is 2.18 bits per heavy atom. The van der Waals surface area contributed by atoms with Gasteiger partial charge in [-0.1, -0.05) is 0 Å². The lowest BCUT2D eigenvalue weighted by Crippen LogP contribution is -2.43. The van der Waals surface area contributed by atoms with Gasteiger partial charge in [0.1, 0.15) is 12.2 Å². The molecule has 0 saturated carbocycles. The number of aliphatic hydroxyl groups is 1. The van der Waals surface area contributed by atoms with E-state index in [0.717, 1.165) is 23.8 Å². The maximum absolute atomic E-state index is 14.6. The minimum atomic E-state index is -4.82. The molecule has 0 amide bonds. The molecule has 0 unspecified atom stereocenters. The normalized spacial score (nSPS) is 32.3. The highest BCUT2D eigenvalue weighted by Crippen LogP contribution is 2.43. The van der Waals surface area contributed by atoms with Crippen molar-refractivity contribution < 1.29 is 33.1 Å². The fraction of sp³-hybridized carbons (Fsp3) is 0.600. The number of halogens is 1. The summed E-state index contributed by atoms with van der Waals surface area (Å²) in [6.45, 7) is 0.178. The average molecular weight is 340 g/mol. The van der Waals surface area contributed by atoms with Crippen LogP contribution in [0.5, 0.6) is 0 Å². The van der Waals surface area contributed by atoms with E-state index in [1.165, 1.54) is 0 Å². The van der Waals surface area contributed by atoms with E-state index < -0.39 is 49.8 Å². The van der Waals surface area contributed by atoms with Crippen molar-refractivity contribution in [2.45, 2.75) is 31.0 Å². The molecule has 1 aromatic rings. The van der Waals surface area contributed by atoms with Gasteiger partial charge in [-0.2, -0.15) is 0 Å². The van der Waals surface area contributed by atoms with E-state index in [9.17, 15) is 23.7 Å². The summed E-state index contributed by atoms with van der Waals surface area (Å²) in [4.78, 5) is 41.8. The van der Waals surface area contributed by atoms with Gasteiger partial charge in [0.2, 0.25) is 0 Å². The van der Waals surface area contributed by atoms with Crippen LogP contribution < -0.4 is 11.2 Å². The minimum absolute atomic E-state index is 0.693. The Morgan fingerprint density at radius 3 is 2.73 bits per heavy atom. The van der Waals surface area contributed by atoms with Crippen molar-refractivity contribution in [2.75, 3.05) is 6.61 Å². The number of nitrogens with one attached hydrogen (secondary N) is 1. The summed E-state index contributed by atoms with van der Waals surface area (Å²) >= 11 is 0. The van der Waals surface area contributed by atoms with Crippen molar-refractivity contribution in [1.29, 1.82) is 0 Å². The fourth-order valence-electron chi connectivity index (χ4n) is 2.13. The number of hydrogen-bond acceptors (Lipinski definition) is 6. The molecular weight excluding hydrogens is 326 g/mol. The van der Waals surface area contributed by atoms with Crippen molar-refractivity contribution in [2.24, 2.45) is 0 Å². The van der Waals surface area contributed by atoms with E-state index in [0.29, 0.717) is 0 Å². The summed E-state index contributed by atoms with van der Waals surface area (Å²) in [6.07, 6.45) is -3.82. The van der Waals surface area contributed by atoms with E-state index in [2.05, 4.69) is 4.52 Å². The van der Waals surface area contributed by atoms with E-state index in [1.54, 1.807) is 0 Å². The van der Waals surface area contributed by atoms with Crippen molar-refractivity contribution in [3.05, 3.63) is 33.1 Å². The third kappa shape index (κ3) is 3.35. The van der Waals surface area contributed by atoms with Crippen LogP contribution in [0.1, 0.15) is 13.2 Å².